The fourth-order valence-corrected chi connectivity index (χ4v) is 3.67. The van der Waals surface area contributed by atoms with E-state index in [0.29, 0.717) is 11.3 Å². The first kappa shape index (κ1) is 15.5. The molecule has 18 heavy (non-hydrogen) atoms. The maximum atomic E-state index is 11.8. The second-order valence-corrected chi connectivity index (χ2v) is 7.91. The van der Waals surface area contributed by atoms with Crippen LogP contribution in [0.15, 0.2) is 34.1 Å². The fourth-order valence-electron chi connectivity index (χ4n) is 1.43. The highest BCUT2D eigenvalue weighted by molar-refractivity contribution is 8.00. The van der Waals surface area contributed by atoms with Crippen molar-refractivity contribution in [2.75, 3.05) is 5.75 Å². The summed E-state index contributed by atoms with van der Waals surface area (Å²) < 4.78 is 23.7. The Morgan fingerprint density at radius 2 is 1.78 bits per heavy atom. The standard InChI is InChI=1S/C13H20O3S2/c1-4-9-18(15,16)13-7-5-12(6-8-13)17-11(3)10(2)14/h5-8,10-11,14H,4,9H2,1-3H3. The van der Waals surface area contributed by atoms with Gasteiger partial charge in [0.1, 0.15) is 0 Å². The highest BCUT2D eigenvalue weighted by Crippen LogP contribution is 2.26. The predicted octanol–water partition coefficient (Wildman–Crippen LogP) is 2.73. The Bertz CT molecular complexity index is 464. The number of aliphatic hydroxyl groups excluding tert-OH is 1. The van der Waals surface area contributed by atoms with Crippen LogP contribution in [0.5, 0.6) is 0 Å². The van der Waals surface area contributed by atoms with Crippen LogP contribution in [-0.4, -0.2) is 30.6 Å². The summed E-state index contributed by atoms with van der Waals surface area (Å²) in [6.45, 7) is 5.54. The largest absolute Gasteiger partial charge is 0.392 e. The van der Waals surface area contributed by atoms with Gasteiger partial charge in [-0.3, -0.25) is 0 Å². The van der Waals surface area contributed by atoms with Crippen molar-refractivity contribution in [2.24, 2.45) is 0 Å². The minimum Gasteiger partial charge on any atom is -0.392 e. The number of aliphatic hydroxyl groups is 1. The Kier molecular flexibility index (Phi) is 5.69. The third-order valence-corrected chi connectivity index (χ3v) is 5.90. The second-order valence-electron chi connectivity index (χ2n) is 4.35. The van der Waals surface area contributed by atoms with Crippen LogP contribution in [0, 0.1) is 0 Å². The van der Waals surface area contributed by atoms with Crippen molar-refractivity contribution >= 4 is 21.6 Å². The predicted molar refractivity (Wildman–Crippen MR) is 75.8 cm³/mol. The molecule has 1 aromatic rings. The molecule has 0 fully saturated rings. The maximum absolute atomic E-state index is 11.8. The lowest BCUT2D eigenvalue weighted by molar-refractivity contribution is 0.196. The molecular formula is C13H20O3S2. The summed E-state index contributed by atoms with van der Waals surface area (Å²) in [6.07, 6.45) is 0.233. The smallest absolute Gasteiger partial charge is 0.178 e. The molecule has 0 radical (unpaired) electrons. The van der Waals surface area contributed by atoms with E-state index in [2.05, 4.69) is 0 Å². The van der Waals surface area contributed by atoms with E-state index in [9.17, 15) is 13.5 Å². The lowest BCUT2D eigenvalue weighted by atomic mass is 10.3. The SMILES string of the molecule is CCCS(=O)(=O)c1ccc(SC(C)C(C)O)cc1. The zero-order chi connectivity index (χ0) is 13.8. The van der Waals surface area contributed by atoms with Gasteiger partial charge in [-0.1, -0.05) is 13.8 Å². The molecule has 5 heteroatoms. The van der Waals surface area contributed by atoms with Gasteiger partial charge < -0.3 is 5.11 Å². The molecule has 1 aromatic carbocycles. The molecule has 1 N–H and O–H groups in total. The number of hydrogen-bond donors (Lipinski definition) is 1. The Hall–Kier alpha value is -0.520. The van der Waals surface area contributed by atoms with E-state index in [1.54, 1.807) is 31.2 Å². The van der Waals surface area contributed by atoms with E-state index in [-0.39, 0.29) is 11.0 Å². The van der Waals surface area contributed by atoms with Crippen LogP contribution in [-0.2, 0) is 9.84 Å². The van der Waals surface area contributed by atoms with Crippen LogP contribution < -0.4 is 0 Å². The minimum absolute atomic E-state index is 0.0862. The molecule has 0 bridgehead atoms. The van der Waals surface area contributed by atoms with Gasteiger partial charge in [0.05, 0.1) is 16.8 Å². The van der Waals surface area contributed by atoms with E-state index in [0.717, 1.165) is 4.90 Å². The van der Waals surface area contributed by atoms with Gasteiger partial charge >= 0.3 is 0 Å². The Labute approximate surface area is 114 Å². The van der Waals surface area contributed by atoms with Gasteiger partial charge in [0.15, 0.2) is 9.84 Å². The van der Waals surface area contributed by atoms with E-state index >= 15 is 0 Å². The first-order valence-corrected chi connectivity index (χ1v) is 8.57. The lowest BCUT2D eigenvalue weighted by Gasteiger charge is -2.14. The lowest BCUT2D eigenvalue weighted by Crippen LogP contribution is -2.14. The van der Waals surface area contributed by atoms with E-state index in [4.69, 9.17) is 0 Å². The van der Waals surface area contributed by atoms with Crippen LogP contribution in [0.1, 0.15) is 27.2 Å². The van der Waals surface area contributed by atoms with Crippen molar-refractivity contribution in [3.8, 4) is 0 Å². The number of rotatable bonds is 6. The molecule has 0 saturated carbocycles. The zero-order valence-corrected chi connectivity index (χ0v) is 12.6. The maximum Gasteiger partial charge on any atom is 0.178 e. The number of thioether (sulfide) groups is 1. The van der Waals surface area contributed by atoms with Gasteiger partial charge in [-0.25, -0.2) is 8.42 Å². The van der Waals surface area contributed by atoms with Crippen LogP contribution in [0.4, 0.5) is 0 Å². The van der Waals surface area contributed by atoms with Gasteiger partial charge in [-0.2, -0.15) is 0 Å². The monoisotopic (exact) mass is 288 g/mol. The Balaban J connectivity index is 2.81. The molecule has 0 heterocycles. The quantitative estimate of drug-likeness (QED) is 0.818. The second kappa shape index (κ2) is 6.59. The molecule has 0 amide bonds. The minimum atomic E-state index is -3.13. The molecule has 0 spiro atoms. The van der Waals surface area contributed by atoms with E-state index in [1.807, 2.05) is 13.8 Å². The van der Waals surface area contributed by atoms with Gasteiger partial charge in [0.25, 0.3) is 0 Å². The molecule has 0 aliphatic rings. The van der Waals surface area contributed by atoms with Gasteiger partial charge in [-0.15, -0.1) is 11.8 Å². The third-order valence-electron chi connectivity index (χ3n) is 2.66. The van der Waals surface area contributed by atoms with Crippen molar-refractivity contribution in [3.63, 3.8) is 0 Å². The van der Waals surface area contributed by atoms with Crippen molar-refractivity contribution in [3.05, 3.63) is 24.3 Å². The molecule has 0 aliphatic heterocycles. The average molecular weight is 288 g/mol. The number of sulfone groups is 1. The van der Waals surface area contributed by atoms with Crippen molar-refractivity contribution in [1.29, 1.82) is 0 Å². The molecule has 102 valence electrons. The zero-order valence-electron chi connectivity index (χ0n) is 11.0. The van der Waals surface area contributed by atoms with Gasteiger partial charge in [0.2, 0.25) is 0 Å². The van der Waals surface area contributed by atoms with Gasteiger partial charge in [-0.05, 0) is 37.6 Å². The highest BCUT2D eigenvalue weighted by Gasteiger charge is 2.14. The highest BCUT2D eigenvalue weighted by atomic mass is 32.2. The normalized spacial score (nSPS) is 15.3. The summed E-state index contributed by atoms with van der Waals surface area (Å²) in [4.78, 5) is 1.34. The van der Waals surface area contributed by atoms with Crippen LogP contribution in [0.3, 0.4) is 0 Å². The molecule has 0 aromatic heterocycles. The molecule has 0 saturated heterocycles. The summed E-state index contributed by atoms with van der Waals surface area (Å²) >= 11 is 1.54. The molecular weight excluding hydrogens is 268 g/mol. The summed E-state index contributed by atoms with van der Waals surface area (Å²) in [6, 6.07) is 6.88. The molecule has 2 atom stereocenters. The third kappa shape index (κ3) is 4.30. The summed E-state index contributed by atoms with van der Waals surface area (Å²) in [7, 11) is -3.13. The first-order chi connectivity index (χ1) is 8.36. The van der Waals surface area contributed by atoms with Crippen LogP contribution in [0.25, 0.3) is 0 Å². The first-order valence-electron chi connectivity index (χ1n) is 6.04. The molecule has 0 aliphatic carbocycles. The van der Waals surface area contributed by atoms with Crippen molar-refractivity contribution < 1.29 is 13.5 Å². The Morgan fingerprint density at radius 1 is 1.22 bits per heavy atom. The van der Waals surface area contributed by atoms with Crippen LogP contribution >= 0.6 is 11.8 Å². The summed E-state index contributed by atoms with van der Waals surface area (Å²) in [5.74, 6) is 0.184. The summed E-state index contributed by atoms with van der Waals surface area (Å²) in [5.41, 5.74) is 0. The molecule has 1 rings (SSSR count). The summed E-state index contributed by atoms with van der Waals surface area (Å²) in [5, 5.41) is 9.51. The topological polar surface area (TPSA) is 54.4 Å². The fraction of sp³-hybridized carbons (Fsp3) is 0.538. The van der Waals surface area contributed by atoms with Crippen LogP contribution in [0.2, 0.25) is 0 Å². The van der Waals surface area contributed by atoms with E-state index < -0.39 is 15.9 Å². The van der Waals surface area contributed by atoms with Gasteiger partial charge in [0, 0.05) is 10.1 Å². The molecule has 2 unspecified atom stereocenters. The molecule has 3 nitrogen and oxygen atoms in total. The van der Waals surface area contributed by atoms with E-state index in [1.165, 1.54) is 11.8 Å². The Morgan fingerprint density at radius 3 is 2.22 bits per heavy atom. The van der Waals surface area contributed by atoms with Crippen molar-refractivity contribution in [2.45, 2.75) is 48.3 Å². The van der Waals surface area contributed by atoms with Crippen molar-refractivity contribution in [1.82, 2.24) is 0 Å². The number of hydrogen-bond acceptors (Lipinski definition) is 4. The number of benzene rings is 1. The average Bonchev–Trinajstić information content (AvgIpc) is 2.29.